The number of nitrogens with zero attached hydrogens (tertiary/aromatic N) is 5. The molecule has 4 heterocycles. The Morgan fingerprint density at radius 3 is 2.80 bits per heavy atom. The Kier molecular flexibility index (Phi) is 3.55. The molecule has 3 aromatic rings. The number of anilines is 3. The number of para-hydroxylation sites is 1. The third-order valence-corrected chi connectivity index (χ3v) is 5.44. The number of aromatic nitrogens is 4. The number of carbonyl (C=O) groups excluding carboxylic acids is 2. The van der Waals surface area contributed by atoms with Crippen molar-refractivity contribution in [3.8, 4) is 0 Å². The Balaban J connectivity index is 1.48. The second-order valence-electron chi connectivity index (χ2n) is 7.60. The van der Waals surface area contributed by atoms with Gasteiger partial charge in [0.25, 0.3) is 5.91 Å². The van der Waals surface area contributed by atoms with Crippen LogP contribution in [0.1, 0.15) is 24.0 Å². The Morgan fingerprint density at radius 1 is 1.13 bits per heavy atom. The average molecular weight is 402 g/mol. The molecule has 6 rings (SSSR count). The lowest BCUT2D eigenvalue weighted by Gasteiger charge is -2.18. The van der Waals surface area contributed by atoms with E-state index in [4.69, 9.17) is 9.97 Å². The fraction of sp³-hybridized carbons (Fsp3) is 0.250. The van der Waals surface area contributed by atoms with Crippen LogP contribution in [0.3, 0.4) is 0 Å². The van der Waals surface area contributed by atoms with Crippen LogP contribution in [0, 0.1) is 0 Å². The van der Waals surface area contributed by atoms with Gasteiger partial charge >= 0.3 is 6.03 Å². The molecule has 0 atom stereocenters. The van der Waals surface area contributed by atoms with Crippen molar-refractivity contribution < 1.29 is 9.59 Å². The smallest absolute Gasteiger partial charge is 0.326 e. The third kappa shape index (κ3) is 2.76. The molecule has 0 spiro atoms. The molecule has 3 amide bonds. The highest BCUT2D eigenvalue weighted by molar-refractivity contribution is 6.14. The van der Waals surface area contributed by atoms with E-state index in [1.807, 2.05) is 12.1 Å². The maximum absolute atomic E-state index is 11.9. The zero-order chi connectivity index (χ0) is 20.2. The van der Waals surface area contributed by atoms with Gasteiger partial charge in [-0.3, -0.25) is 10.1 Å². The predicted octanol–water partition coefficient (Wildman–Crippen LogP) is 1.57. The second-order valence-corrected chi connectivity index (χ2v) is 7.60. The summed E-state index contributed by atoms with van der Waals surface area (Å²) in [4.78, 5) is 35.0. The molecule has 0 unspecified atom stereocenters. The lowest BCUT2D eigenvalue weighted by atomic mass is 10.2. The van der Waals surface area contributed by atoms with Crippen molar-refractivity contribution in [1.29, 1.82) is 0 Å². The molecule has 1 aliphatic carbocycles. The third-order valence-electron chi connectivity index (χ3n) is 5.44. The summed E-state index contributed by atoms with van der Waals surface area (Å²) in [6.45, 7) is 0.793. The van der Waals surface area contributed by atoms with Crippen LogP contribution >= 0.6 is 0 Å². The van der Waals surface area contributed by atoms with Gasteiger partial charge in [-0.15, -0.1) is 0 Å². The standard InChI is InChI=1S/C20H18N8O2/c29-17-14(23-20(30)25-17)9-12-10-21-28-16(12)24-18(26-19(28)22-13-5-6-13)27-8-7-11-3-1-2-4-15(11)27/h1-4,9-10,13H,5-8H2,(H,22,24,26)(H2,23,25,29,30)/b14-9-. The summed E-state index contributed by atoms with van der Waals surface area (Å²) in [5, 5.41) is 12.5. The lowest BCUT2D eigenvalue weighted by molar-refractivity contribution is -0.115. The van der Waals surface area contributed by atoms with Crippen LogP contribution in [-0.4, -0.2) is 44.1 Å². The van der Waals surface area contributed by atoms with Gasteiger partial charge in [-0.05, 0) is 37.0 Å². The predicted molar refractivity (Wildman–Crippen MR) is 109 cm³/mol. The summed E-state index contributed by atoms with van der Waals surface area (Å²) in [6.07, 6.45) is 6.32. The molecular formula is C20H18N8O2. The van der Waals surface area contributed by atoms with Gasteiger partial charge in [0.15, 0.2) is 5.65 Å². The van der Waals surface area contributed by atoms with Gasteiger partial charge in [0.05, 0.1) is 6.20 Å². The number of urea groups is 1. The molecule has 0 radical (unpaired) electrons. The maximum Gasteiger partial charge on any atom is 0.326 e. The number of benzene rings is 1. The van der Waals surface area contributed by atoms with E-state index >= 15 is 0 Å². The molecule has 0 bridgehead atoms. The summed E-state index contributed by atoms with van der Waals surface area (Å²) in [5.74, 6) is 0.723. The summed E-state index contributed by atoms with van der Waals surface area (Å²) >= 11 is 0. The number of imide groups is 1. The average Bonchev–Trinajstić information content (AvgIpc) is 3.16. The van der Waals surface area contributed by atoms with Crippen LogP contribution in [0.4, 0.5) is 22.4 Å². The quantitative estimate of drug-likeness (QED) is 0.448. The van der Waals surface area contributed by atoms with Gasteiger partial charge in [0.2, 0.25) is 11.9 Å². The normalized spacial score (nSPS) is 19.3. The number of nitrogens with one attached hydrogen (secondary N) is 3. The van der Waals surface area contributed by atoms with Crippen molar-refractivity contribution in [2.45, 2.75) is 25.3 Å². The van der Waals surface area contributed by atoms with Gasteiger partial charge in [-0.25, -0.2) is 4.79 Å². The van der Waals surface area contributed by atoms with Crippen molar-refractivity contribution in [2.24, 2.45) is 0 Å². The van der Waals surface area contributed by atoms with Gasteiger partial charge in [-0.2, -0.15) is 19.6 Å². The van der Waals surface area contributed by atoms with E-state index in [1.165, 1.54) is 5.56 Å². The highest BCUT2D eigenvalue weighted by Gasteiger charge is 2.28. The van der Waals surface area contributed by atoms with E-state index in [2.05, 4.69) is 38.1 Å². The topological polar surface area (TPSA) is 117 Å². The van der Waals surface area contributed by atoms with E-state index in [9.17, 15) is 9.59 Å². The van der Waals surface area contributed by atoms with Crippen LogP contribution in [0.25, 0.3) is 11.7 Å². The lowest BCUT2D eigenvalue weighted by Crippen LogP contribution is -2.22. The Labute approximate surface area is 171 Å². The molecule has 3 aliphatic rings. The van der Waals surface area contributed by atoms with Crippen LogP contribution in [0.15, 0.2) is 36.2 Å². The highest BCUT2D eigenvalue weighted by atomic mass is 16.2. The molecule has 30 heavy (non-hydrogen) atoms. The molecule has 2 fully saturated rings. The Morgan fingerprint density at radius 2 is 2.00 bits per heavy atom. The first kappa shape index (κ1) is 17.0. The number of fused-ring (bicyclic) bond motifs is 2. The minimum atomic E-state index is -0.539. The van der Waals surface area contributed by atoms with E-state index < -0.39 is 11.9 Å². The van der Waals surface area contributed by atoms with Crippen molar-refractivity contribution >= 4 is 41.2 Å². The van der Waals surface area contributed by atoms with Gasteiger partial charge in [0.1, 0.15) is 5.70 Å². The second kappa shape index (κ2) is 6.28. The van der Waals surface area contributed by atoms with Gasteiger partial charge in [-0.1, -0.05) is 18.2 Å². The summed E-state index contributed by atoms with van der Waals surface area (Å²) in [6, 6.07) is 8.08. The van der Waals surface area contributed by atoms with Gasteiger partial charge in [0, 0.05) is 23.8 Å². The molecule has 2 aromatic heterocycles. The number of amides is 3. The minimum Gasteiger partial charge on any atom is -0.351 e. The van der Waals surface area contributed by atoms with Crippen LogP contribution in [0.2, 0.25) is 0 Å². The molecule has 1 aromatic carbocycles. The Bertz CT molecular complexity index is 1240. The Hall–Kier alpha value is -3.95. The molecule has 150 valence electrons. The number of carbonyl (C=O) groups is 2. The first-order valence-electron chi connectivity index (χ1n) is 9.87. The summed E-state index contributed by atoms with van der Waals surface area (Å²) in [7, 11) is 0. The monoisotopic (exact) mass is 402 g/mol. The van der Waals surface area contributed by atoms with Crippen LogP contribution in [0.5, 0.6) is 0 Å². The van der Waals surface area contributed by atoms with Crippen molar-refractivity contribution in [3.63, 3.8) is 0 Å². The first-order valence-corrected chi connectivity index (χ1v) is 9.87. The highest BCUT2D eigenvalue weighted by Crippen LogP contribution is 2.34. The number of hydrogen-bond donors (Lipinski definition) is 3. The van der Waals surface area contributed by atoms with E-state index in [-0.39, 0.29) is 5.70 Å². The fourth-order valence-electron chi connectivity index (χ4n) is 3.79. The first-order chi connectivity index (χ1) is 14.7. The molecular weight excluding hydrogens is 384 g/mol. The van der Waals surface area contributed by atoms with Crippen molar-refractivity contribution in [3.05, 3.63) is 47.3 Å². The minimum absolute atomic E-state index is 0.165. The van der Waals surface area contributed by atoms with Crippen molar-refractivity contribution in [2.75, 3.05) is 16.8 Å². The molecule has 2 aliphatic heterocycles. The molecule has 10 heteroatoms. The number of hydrogen-bond acceptors (Lipinski definition) is 7. The molecule has 10 nitrogen and oxygen atoms in total. The largest absolute Gasteiger partial charge is 0.351 e. The fourth-order valence-corrected chi connectivity index (χ4v) is 3.79. The van der Waals surface area contributed by atoms with Crippen LogP contribution in [-0.2, 0) is 11.2 Å². The molecule has 1 saturated carbocycles. The van der Waals surface area contributed by atoms with E-state index in [0.29, 0.717) is 29.1 Å². The van der Waals surface area contributed by atoms with Gasteiger partial charge < -0.3 is 15.5 Å². The molecule has 3 N–H and O–H groups in total. The van der Waals surface area contributed by atoms with Crippen LogP contribution < -0.4 is 20.9 Å². The maximum atomic E-state index is 11.9. The van der Waals surface area contributed by atoms with E-state index in [1.54, 1.807) is 16.8 Å². The summed E-state index contributed by atoms with van der Waals surface area (Å²) < 4.78 is 1.64. The zero-order valence-electron chi connectivity index (χ0n) is 15.9. The zero-order valence-corrected chi connectivity index (χ0v) is 15.9. The van der Waals surface area contributed by atoms with E-state index in [0.717, 1.165) is 31.5 Å². The van der Waals surface area contributed by atoms with Crippen molar-refractivity contribution in [1.82, 2.24) is 30.2 Å². The number of rotatable bonds is 4. The summed E-state index contributed by atoms with van der Waals surface area (Å²) in [5.41, 5.74) is 3.71. The molecule has 1 saturated heterocycles. The SMILES string of the molecule is O=C1NC(=O)/C(=C/c2cnn3c(NC4CC4)nc(N4CCc5ccccc54)nc23)N1.